The maximum Gasteiger partial charge on any atom is 0.289 e. The molecule has 3 aromatic rings. The Labute approximate surface area is 165 Å². The molecule has 0 saturated carbocycles. The lowest BCUT2D eigenvalue weighted by molar-refractivity contribution is -0.384. The minimum Gasteiger partial charge on any atom is -0.324 e. The van der Waals surface area contributed by atoms with Gasteiger partial charge in [-0.1, -0.05) is 83.9 Å². The lowest BCUT2D eigenvalue weighted by Gasteiger charge is -2.18. The third-order valence-electron chi connectivity index (χ3n) is 4.02. The summed E-state index contributed by atoms with van der Waals surface area (Å²) in [4.78, 5) is 23.4. The zero-order valence-electron chi connectivity index (χ0n) is 13.9. The van der Waals surface area contributed by atoms with Gasteiger partial charge in [-0.15, -0.1) is 0 Å². The fourth-order valence-electron chi connectivity index (χ4n) is 2.76. The first-order valence-electron chi connectivity index (χ1n) is 8.01. The average molecular weight is 401 g/mol. The highest BCUT2D eigenvalue weighted by molar-refractivity contribution is 6.37. The number of carbonyl (C=O) groups excluding carboxylic acids is 1. The monoisotopic (exact) mass is 400 g/mol. The Balaban J connectivity index is 1.97. The van der Waals surface area contributed by atoms with Gasteiger partial charge in [0.1, 0.15) is 5.02 Å². The van der Waals surface area contributed by atoms with Crippen LogP contribution >= 0.6 is 23.2 Å². The van der Waals surface area contributed by atoms with Gasteiger partial charge >= 0.3 is 0 Å². The summed E-state index contributed by atoms with van der Waals surface area (Å²) in [6.45, 7) is 0. The molecule has 0 spiro atoms. The van der Waals surface area contributed by atoms with Crippen molar-refractivity contribution >= 4 is 40.5 Å². The van der Waals surface area contributed by atoms with Crippen molar-refractivity contribution in [1.82, 2.24) is 0 Å². The molecule has 0 saturated heterocycles. The van der Waals surface area contributed by atoms with E-state index in [-0.39, 0.29) is 27.3 Å². The van der Waals surface area contributed by atoms with E-state index in [4.69, 9.17) is 23.2 Å². The number of rotatable bonds is 5. The van der Waals surface area contributed by atoms with Crippen molar-refractivity contribution < 1.29 is 9.72 Å². The number of amides is 1. The average Bonchev–Trinajstić information content (AvgIpc) is 2.66. The van der Waals surface area contributed by atoms with Gasteiger partial charge in [-0.3, -0.25) is 14.9 Å². The first kappa shape index (κ1) is 18.9. The van der Waals surface area contributed by atoms with Gasteiger partial charge in [0.15, 0.2) is 0 Å². The van der Waals surface area contributed by atoms with Crippen LogP contribution in [0.3, 0.4) is 0 Å². The highest BCUT2D eigenvalue weighted by Crippen LogP contribution is 2.35. The Morgan fingerprint density at radius 2 is 1.41 bits per heavy atom. The number of hydrogen-bond donors (Lipinski definition) is 1. The number of nitro benzene ring substituents is 1. The molecule has 136 valence electrons. The number of carbonyl (C=O) groups is 1. The number of halogens is 2. The van der Waals surface area contributed by atoms with E-state index in [0.29, 0.717) is 0 Å². The van der Waals surface area contributed by atoms with Gasteiger partial charge < -0.3 is 5.32 Å². The van der Waals surface area contributed by atoms with E-state index in [1.54, 1.807) is 0 Å². The summed E-state index contributed by atoms with van der Waals surface area (Å²) in [5, 5.41) is 13.6. The Morgan fingerprint density at radius 1 is 0.889 bits per heavy atom. The lowest BCUT2D eigenvalue weighted by Crippen LogP contribution is -2.22. The molecule has 3 rings (SSSR count). The molecule has 0 heterocycles. The number of nitrogens with one attached hydrogen (secondary N) is 1. The van der Waals surface area contributed by atoms with Crippen molar-refractivity contribution in [2.45, 2.75) is 5.92 Å². The van der Waals surface area contributed by atoms with Gasteiger partial charge in [0.2, 0.25) is 5.91 Å². The van der Waals surface area contributed by atoms with Crippen molar-refractivity contribution in [3.05, 3.63) is 104 Å². The number of nitrogens with zero attached hydrogens (tertiary/aromatic N) is 1. The van der Waals surface area contributed by atoms with Crippen LogP contribution in [-0.4, -0.2) is 10.8 Å². The molecule has 0 fully saturated rings. The molecule has 0 aliphatic rings. The Bertz CT molecular complexity index is 940. The Hall–Kier alpha value is -2.89. The van der Waals surface area contributed by atoms with Crippen molar-refractivity contribution in [3.63, 3.8) is 0 Å². The van der Waals surface area contributed by atoms with Gasteiger partial charge in [-0.25, -0.2) is 0 Å². The van der Waals surface area contributed by atoms with Crippen LogP contribution in [0.25, 0.3) is 0 Å². The number of nitro groups is 1. The SMILES string of the molecule is O=C(Nc1cc(Cl)c([N+](=O)[O-])cc1Cl)C(c1ccccc1)c1ccccc1. The molecule has 5 nitrogen and oxygen atoms in total. The molecule has 1 amide bonds. The van der Waals surface area contributed by atoms with Gasteiger partial charge in [0.25, 0.3) is 5.69 Å². The highest BCUT2D eigenvalue weighted by Gasteiger charge is 2.24. The molecular formula is C20H14Cl2N2O3. The molecule has 1 N–H and O–H groups in total. The van der Waals surface area contributed by atoms with Gasteiger partial charge in [-0.05, 0) is 17.2 Å². The summed E-state index contributed by atoms with van der Waals surface area (Å²) in [5.74, 6) is -0.892. The van der Waals surface area contributed by atoms with Crippen LogP contribution < -0.4 is 5.32 Å². The maximum absolute atomic E-state index is 13.0. The zero-order valence-corrected chi connectivity index (χ0v) is 15.4. The normalized spacial score (nSPS) is 10.6. The third kappa shape index (κ3) is 4.27. The summed E-state index contributed by atoms with van der Waals surface area (Å²) in [7, 11) is 0. The Kier molecular flexibility index (Phi) is 5.74. The molecule has 0 unspecified atom stereocenters. The first-order valence-corrected chi connectivity index (χ1v) is 8.77. The number of anilines is 1. The highest BCUT2D eigenvalue weighted by atomic mass is 35.5. The van der Waals surface area contributed by atoms with Gasteiger partial charge in [0.05, 0.1) is 21.6 Å². The van der Waals surface area contributed by atoms with Gasteiger partial charge in [-0.2, -0.15) is 0 Å². The number of hydrogen-bond acceptors (Lipinski definition) is 3. The van der Waals surface area contributed by atoms with E-state index in [0.717, 1.165) is 17.2 Å². The van der Waals surface area contributed by atoms with Crippen LogP contribution in [-0.2, 0) is 4.79 Å². The topological polar surface area (TPSA) is 72.2 Å². The molecule has 0 atom stereocenters. The third-order valence-corrected chi connectivity index (χ3v) is 4.63. The maximum atomic E-state index is 13.0. The minimum absolute atomic E-state index is 0.0410. The summed E-state index contributed by atoms with van der Waals surface area (Å²) in [6, 6.07) is 21.0. The smallest absolute Gasteiger partial charge is 0.289 e. The van der Waals surface area contributed by atoms with Crippen LogP contribution in [0.15, 0.2) is 72.8 Å². The standard InChI is InChI=1S/C20H14Cl2N2O3/c21-15-12-18(24(26)27)16(22)11-17(15)23-20(25)19(13-7-3-1-4-8-13)14-9-5-2-6-10-14/h1-12,19H,(H,23,25). The second kappa shape index (κ2) is 8.20. The molecule has 0 aromatic heterocycles. The van der Waals surface area contributed by atoms with Crippen molar-refractivity contribution in [2.75, 3.05) is 5.32 Å². The van der Waals surface area contributed by atoms with E-state index >= 15 is 0 Å². The quantitative estimate of drug-likeness (QED) is 0.442. The molecule has 7 heteroatoms. The molecule has 0 aliphatic carbocycles. The molecule has 0 bridgehead atoms. The van der Waals surface area contributed by atoms with Crippen molar-refractivity contribution in [1.29, 1.82) is 0 Å². The largest absolute Gasteiger partial charge is 0.324 e. The van der Waals surface area contributed by atoms with Crippen LogP contribution in [0.5, 0.6) is 0 Å². The predicted molar refractivity (Wildman–Crippen MR) is 106 cm³/mol. The lowest BCUT2D eigenvalue weighted by atomic mass is 9.90. The van der Waals surface area contributed by atoms with E-state index in [2.05, 4.69) is 5.32 Å². The van der Waals surface area contributed by atoms with Crippen LogP contribution in [0, 0.1) is 10.1 Å². The Morgan fingerprint density at radius 3 is 1.89 bits per heavy atom. The summed E-state index contributed by atoms with van der Waals surface area (Å²) in [5.41, 5.74) is 1.52. The molecule has 3 aromatic carbocycles. The summed E-state index contributed by atoms with van der Waals surface area (Å²) >= 11 is 12.1. The van der Waals surface area contributed by atoms with Crippen molar-refractivity contribution in [3.8, 4) is 0 Å². The van der Waals surface area contributed by atoms with Gasteiger partial charge in [0, 0.05) is 6.07 Å². The van der Waals surface area contributed by atoms with E-state index in [1.807, 2.05) is 60.7 Å². The van der Waals surface area contributed by atoms with E-state index in [9.17, 15) is 14.9 Å². The summed E-state index contributed by atoms with van der Waals surface area (Å²) in [6.07, 6.45) is 0. The second-order valence-corrected chi connectivity index (χ2v) is 6.60. The second-order valence-electron chi connectivity index (χ2n) is 5.78. The molecule has 27 heavy (non-hydrogen) atoms. The molecular weight excluding hydrogens is 387 g/mol. The van der Waals surface area contributed by atoms with Crippen LogP contribution in [0.2, 0.25) is 10.0 Å². The molecule has 0 aliphatic heterocycles. The summed E-state index contributed by atoms with van der Waals surface area (Å²) < 4.78 is 0. The fourth-order valence-corrected chi connectivity index (χ4v) is 3.20. The molecule has 0 radical (unpaired) electrons. The van der Waals surface area contributed by atoms with Crippen molar-refractivity contribution in [2.24, 2.45) is 0 Å². The van der Waals surface area contributed by atoms with Crippen LogP contribution in [0.4, 0.5) is 11.4 Å². The predicted octanol–water partition coefficient (Wildman–Crippen LogP) is 5.67. The van der Waals surface area contributed by atoms with E-state index in [1.165, 1.54) is 6.07 Å². The first-order chi connectivity index (χ1) is 13.0. The number of benzene rings is 3. The van der Waals surface area contributed by atoms with Crippen LogP contribution in [0.1, 0.15) is 17.0 Å². The van der Waals surface area contributed by atoms with E-state index < -0.39 is 10.8 Å². The minimum atomic E-state index is -0.628. The fraction of sp³-hybridized carbons (Fsp3) is 0.0500. The zero-order chi connectivity index (χ0) is 19.4.